The first kappa shape index (κ1) is 21.6. The number of nitrogens with zero attached hydrogens (tertiary/aromatic N) is 3. The minimum atomic E-state index is -0.438. The third-order valence-corrected chi connectivity index (χ3v) is 5.50. The van der Waals surface area contributed by atoms with Crippen LogP contribution >= 0.6 is 0 Å². The number of amides is 2. The summed E-state index contributed by atoms with van der Waals surface area (Å²) in [6, 6.07) is 15.0. The highest BCUT2D eigenvalue weighted by atomic mass is 16.5. The Kier molecular flexibility index (Phi) is 5.99. The summed E-state index contributed by atoms with van der Waals surface area (Å²) in [4.78, 5) is 19.5. The van der Waals surface area contributed by atoms with E-state index in [2.05, 4.69) is 24.3 Å². The molecular formula is C25H28N4O3. The Morgan fingerprint density at radius 2 is 1.94 bits per heavy atom. The average molecular weight is 433 g/mol. The minimum absolute atomic E-state index is 0.147. The lowest BCUT2D eigenvalue weighted by Crippen LogP contribution is -2.47. The zero-order valence-electron chi connectivity index (χ0n) is 19.0. The smallest absolute Gasteiger partial charge is 0.322 e. The molecule has 0 fully saturated rings. The van der Waals surface area contributed by atoms with Crippen molar-refractivity contribution in [3.63, 3.8) is 0 Å². The predicted molar refractivity (Wildman–Crippen MR) is 123 cm³/mol. The number of hydrogen-bond acceptors (Lipinski definition) is 5. The number of hydrogen-bond donors (Lipinski definition) is 1. The largest absolute Gasteiger partial charge is 0.497 e. The number of nitrogens with one attached hydrogen (secondary N) is 1. The van der Waals surface area contributed by atoms with Gasteiger partial charge in [0.15, 0.2) is 0 Å². The van der Waals surface area contributed by atoms with E-state index in [1.807, 2.05) is 62.4 Å². The summed E-state index contributed by atoms with van der Waals surface area (Å²) in [6.07, 6.45) is 0. The van der Waals surface area contributed by atoms with Crippen LogP contribution in [0.1, 0.15) is 43.8 Å². The van der Waals surface area contributed by atoms with Crippen LogP contribution in [0.25, 0.3) is 17.0 Å². The van der Waals surface area contributed by atoms with Gasteiger partial charge in [0.1, 0.15) is 5.75 Å². The summed E-state index contributed by atoms with van der Waals surface area (Å²) in [5.74, 6) is 1.92. The Hall–Kier alpha value is -3.61. The second-order valence-corrected chi connectivity index (χ2v) is 8.46. The summed E-state index contributed by atoms with van der Waals surface area (Å²) >= 11 is 0. The Balaban J connectivity index is 1.83. The molecule has 1 aromatic heterocycles. The molecule has 32 heavy (non-hydrogen) atoms. The van der Waals surface area contributed by atoms with E-state index in [0.29, 0.717) is 29.9 Å². The van der Waals surface area contributed by atoms with Crippen LogP contribution in [0.5, 0.6) is 5.75 Å². The molecule has 2 aromatic carbocycles. The SMILES string of the molecule is COc1cccc(C2NC(=O)N(CC(C)C)C(C)=C2c2nc(-c3cccc(C)c3)no2)c1. The van der Waals surface area contributed by atoms with Crippen LogP contribution in [-0.4, -0.2) is 34.7 Å². The molecule has 3 aromatic rings. The third-order valence-electron chi connectivity index (χ3n) is 5.50. The average Bonchev–Trinajstić information content (AvgIpc) is 3.26. The fraction of sp³-hybridized carbons (Fsp3) is 0.320. The first-order valence-electron chi connectivity index (χ1n) is 10.7. The van der Waals surface area contributed by atoms with Crippen molar-refractivity contribution >= 4 is 11.6 Å². The first-order valence-corrected chi connectivity index (χ1v) is 10.7. The molecule has 1 aliphatic heterocycles. The normalized spacial score (nSPS) is 16.5. The summed E-state index contributed by atoms with van der Waals surface area (Å²) in [5.41, 5.74) is 4.47. The van der Waals surface area contributed by atoms with Gasteiger partial charge in [-0.15, -0.1) is 0 Å². The second-order valence-electron chi connectivity index (χ2n) is 8.46. The molecule has 0 bridgehead atoms. The van der Waals surface area contributed by atoms with Crippen LogP contribution < -0.4 is 10.1 Å². The minimum Gasteiger partial charge on any atom is -0.497 e. The fourth-order valence-corrected chi connectivity index (χ4v) is 3.95. The number of carbonyl (C=O) groups is 1. The number of methoxy groups -OCH3 is 1. The van der Waals surface area contributed by atoms with Crippen LogP contribution in [0.4, 0.5) is 4.79 Å². The maximum Gasteiger partial charge on any atom is 0.322 e. The highest BCUT2D eigenvalue weighted by molar-refractivity contribution is 5.87. The highest BCUT2D eigenvalue weighted by Crippen LogP contribution is 2.38. The lowest BCUT2D eigenvalue weighted by atomic mass is 9.94. The fourth-order valence-electron chi connectivity index (χ4n) is 3.95. The van der Waals surface area contributed by atoms with Crippen molar-refractivity contribution in [2.45, 2.75) is 33.7 Å². The molecule has 7 heteroatoms. The van der Waals surface area contributed by atoms with E-state index in [4.69, 9.17) is 14.2 Å². The maximum atomic E-state index is 13.0. The summed E-state index contributed by atoms with van der Waals surface area (Å²) in [6.45, 7) is 8.70. The van der Waals surface area contributed by atoms with Crippen molar-refractivity contribution in [2.24, 2.45) is 5.92 Å². The molecule has 2 heterocycles. The van der Waals surface area contributed by atoms with E-state index in [1.165, 1.54) is 0 Å². The second kappa shape index (κ2) is 8.86. The van der Waals surface area contributed by atoms with Gasteiger partial charge in [0.05, 0.1) is 18.7 Å². The predicted octanol–water partition coefficient (Wildman–Crippen LogP) is 5.21. The van der Waals surface area contributed by atoms with Gasteiger partial charge in [-0.1, -0.05) is 54.9 Å². The topological polar surface area (TPSA) is 80.5 Å². The zero-order valence-corrected chi connectivity index (χ0v) is 19.0. The first-order chi connectivity index (χ1) is 15.4. The van der Waals surface area contributed by atoms with Gasteiger partial charge in [-0.3, -0.25) is 4.90 Å². The Labute approximate surface area is 188 Å². The molecule has 0 radical (unpaired) electrons. The lowest BCUT2D eigenvalue weighted by molar-refractivity contribution is 0.199. The molecule has 0 aliphatic carbocycles. The van der Waals surface area contributed by atoms with Gasteiger partial charge in [0, 0.05) is 17.8 Å². The van der Waals surface area contributed by atoms with Crippen molar-refractivity contribution in [2.75, 3.05) is 13.7 Å². The number of carbonyl (C=O) groups excluding carboxylic acids is 1. The van der Waals surface area contributed by atoms with Crippen molar-refractivity contribution in [1.29, 1.82) is 0 Å². The summed E-state index contributed by atoms with van der Waals surface area (Å²) in [5, 5.41) is 7.35. The van der Waals surface area contributed by atoms with Crippen molar-refractivity contribution in [3.05, 3.63) is 71.2 Å². The molecule has 4 rings (SSSR count). The van der Waals surface area contributed by atoms with Crippen LogP contribution in [0.15, 0.2) is 58.8 Å². The van der Waals surface area contributed by atoms with Gasteiger partial charge in [0.25, 0.3) is 5.89 Å². The molecule has 1 N–H and O–H groups in total. The molecule has 0 spiro atoms. The molecule has 1 unspecified atom stereocenters. The maximum absolute atomic E-state index is 13.0. The molecule has 1 atom stereocenters. The molecule has 0 saturated carbocycles. The number of ether oxygens (including phenoxy) is 1. The third kappa shape index (κ3) is 4.23. The number of aryl methyl sites for hydroxylation is 1. The summed E-state index contributed by atoms with van der Waals surface area (Å²) in [7, 11) is 1.62. The van der Waals surface area contributed by atoms with Gasteiger partial charge in [-0.05, 0) is 43.5 Å². The zero-order chi connectivity index (χ0) is 22.8. The number of allylic oxidation sites excluding steroid dienone is 1. The van der Waals surface area contributed by atoms with Gasteiger partial charge < -0.3 is 14.6 Å². The molecule has 7 nitrogen and oxygen atoms in total. The van der Waals surface area contributed by atoms with E-state index in [1.54, 1.807) is 12.0 Å². The van der Waals surface area contributed by atoms with Crippen LogP contribution in [0, 0.1) is 12.8 Å². The van der Waals surface area contributed by atoms with Gasteiger partial charge >= 0.3 is 6.03 Å². The molecule has 2 amide bonds. The van der Waals surface area contributed by atoms with E-state index >= 15 is 0 Å². The summed E-state index contributed by atoms with van der Waals surface area (Å²) < 4.78 is 11.1. The van der Waals surface area contributed by atoms with Crippen LogP contribution in [0.3, 0.4) is 0 Å². The van der Waals surface area contributed by atoms with E-state index in [0.717, 1.165) is 28.0 Å². The van der Waals surface area contributed by atoms with E-state index in [-0.39, 0.29) is 6.03 Å². The molecule has 0 saturated heterocycles. The van der Waals surface area contributed by atoms with Crippen molar-refractivity contribution in [1.82, 2.24) is 20.4 Å². The standard InChI is InChI=1S/C25H28N4O3/c1-15(2)14-29-17(4)21(22(26-25(29)30)18-9-7-11-20(13-18)31-5)24-27-23(28-32-24)19-10-6-8-16(3)12-19/h6-13,15,22H,14H2,1-5H3,(H,26,30). The number of benzene rings is 2. The Bertz CT molecular complexity index is 1170. The molecular weight excluding hydrogens is 404 g/mol. The molecule has 166 valence electrons. The van der Waals surface area contributed by atoms with Crippen LogP contribution in [0.2, 0.25) is 0 Å². The monoisotopic (exact) mass is 432 g/mol. The van der Waals surface area contributed by atoms with Crippen LogP contribution in [-0.2, 0) is 0 Å². The Morgan fingerprint density at radius 3 is 2.66 bits per heavy atom. The number of urea groups is 1. The van der Waals surface area contributed by atoms with Gasteiger partial charge in [0.2, 0.25) is 5.82 Å². The number of aromatic nitrogens is 2. The van der Waals surface area contributed by atoms with E-state index in [9.17, 15) is 4.79 Å². The van der Waals surface area contributed by atoms with Gasteiger partial charge in [-0.2, -0.15) is 4.98 Å². The highest BCUT2D eigenvalue weighted by Gasteiger charge is 2.36. The quantitative estimate of drug-likeness (QED) is 0.579. The van der Waals surface area contributed by atoms with Crippen molar-refractivity contribution in [3.8, 4) is 17.1 Å². The number of rotatable bonds is 6. The van der Waals surface area contributed by atoms with Gasteiger partial charge in [-0.25, -0.2) is 4.79 Å². The Morgan fingerprint density at radius 1 is 1.16 bits per heavy atom. The van der Waals surface area contributed by atoms with Crippen molar-refractivity contribution < 1.29 is 14.1 Å². The molecule has 1 aliphatic rings. The lowest BCUT2D eigenvalue weighted by Gasteiger charge is -2.36. The van der Waals surface area contributed by atoms with E-state index < -0.39 is 6.04 Å².